The van der Waals surface area contributed by atoms with Crippen molar-refractivity contribution in [2.75, 3.05) is 19.7 Å². The van der Waals surface area contributed by atoms with E-state index in [1.807, 2.05) is 0 Å². The van der Waals surface area contributed by atoms with Crippen molar-refractivity contribution in [1.29, 1.82) is 0 Å². The highest BCUT2D eigenvalue weighted by atomic mass is 16.4. The molecule has 1 aromatic rings. The fourth-order valence-corrected chi connectivity index (χ4v) is 4.21. The van der Waals surface area contributed by atoms with Crippen LogP contribution >= 0.6 is 0 Å². The number of rotatable bonds is 9. The van der Waals surface area contributed by atoms with E-state index in [1.165, 1.54) is 17.0 Å². The number of aliphatic carboxylic acids is 1. The summed E-state index contributed by atoms with van der Waals surface area (Å²) in [6.07, 6.45) is 2.58. The summed E-state index contributed by atoms with van der Waals surface area (Å²) in [6.45, 7) is 0.242. The number of hydrogen-bond acceptors (Lipinski definition) is 7. The van der Waals surface area contributed by atoms with Crippen LogP contribution in [0.4, 0.5) is 0 Å². The minimum Gasteiger partial charge on any atom is -0.508 e. The van der Waals surface area contributed by atoms with E-state index < -0.39 is 48.6 Å². The lowest BCUT2D eigenvalue weighted by molar-refractivity contribution is -0.145. The third-order valence-corrected chi connectivity index (χ3v) is 6.00. The Kier molecular flexibility index (Phi) is 8.23. The summed E-state index contributed by atoms with van der Waals surface area (Å²) < 4.78 is 0. The molecule has 33 heavy (non-hydrogen) atoms. The average Bonchev–Trinajstić information content (AvgIpc) is 3.50. The van der Waals surface area contributed by atoms with Crippen LogP contribution in [0.2, 0.25) is 0 Å². The van der Waals surface area contributed by atoms with Gasteiger partial charge < -0.3 is 36.2 Å². The van der Waals surface area contributed by atoms with Crippen LogP contribution in [0, 0.1) is 0 Å². The minimum atomic E-state index is -1.46. The predicted molar refractivity (Wildman–Crippen MR) is 116 cm³/mol. The molecule has 6 N–H and O–H groups in total. The molecule has 0 saturated carbocycles. The van der Waals surface area contributed by atoms with Crippen molar-refractivity contribution in [2.24, 2.45) is 0 Å². The zero-order valence-corrected chi connectivity index (χ0v) is 18.2. The smallest absolute Gasteiger partial charge is 0.328 e. The Morgan fingerprint density at radius 1 is 1.03 bits per heavy atom. The quantitative estimate of drug-likeness (QED) is 0.264. The maximum absolute atomic E-state index is 13.5. The van der Waals surface area contributed by atoms with Gasteiger partial charge in [0.15, 0.2) is 0 Å². The molecule has 0 radical (unpaired) electrons. The topological polar surface area (TPSA) is 168 Å². The second-order valence-corrected chi connectivity index (χ2v) is 8.35. The zero-order chi connectivity index (χ0) is 24.0. The number of nitrogens with zero attached hydrogens (tertiary/aromatic N) is 1. The average molecular weight is 463 g/mol. The molecule has 0 spiro atoms. The van der Waals surface area contributed by atoms with Crippen molar-refractivity contribution in [3.05, 3.63) is 29.8 Å². The molecule has 2 heterocycles. The number of aliphatic hydroxyl groups excluding tert-OH is 1. The Labute approximate surface area is 191 Å². The van der Waals surface area contributed by atoms with Crippen molar-refractivity contribution in [3.8, 4) is 5.75 Å². The van der Waals surface area contributed by atoms with E-state index in [0.717, 1.165) is 18.5 Å². The summed E-state index contributed by atoms with van der Waals surface area (Å²) >= 11 is 0. The Bertz CT molecular complexity index is 870. The summed E-state index contributed by atoms with van der Waals surface area (Å²) in [7, 11) is 0. The number of aliphatic hydroxyl groups is 1. The van der Waals surface area contributed by atoms with Crippen molar-refractivity contribution >= 4 is 23.7 Å². The number of amides is 3. The minimum absolute atomic E-state index is 0.0777. The third kappa shape index (κ3) is 6.20. The number of phenolic OH excluding ortho intramolecular Hbond substituents is 1. The standard InChI is InChI=1S/C22H30N4O7/c27-12-17(22(32)33)25-20(30)18-4-2-10-26(18)21(31)16(11-13-5-7-14(28)8-6-13)24-19(29)15-3-1-9-23-15/h5-8,15-18,23,27-28H,1-4,9-12H2,(H,24,29)(H,25,30)(H,32,33). The molecule has 2 saturated heterocycles. The molecule has 4 atom stereocenters. The van der Waals surface area contributed by atoms with E-state index in [1.54, 1.807) is 12.1 Å². The highest BCUT2D eigenvalue weighted by Gasteiger charge is 2.39. The number of carbonyl (C=O) groups is 4. The van der Waals surface area contributed by atoms with Gasteiger partial charge in [0.1, 0.15) is 23.9 Å². The predicted octanol–water partition coefficient (Wildman–Crippen LogP) is -1.28. The van der Waals surface area contributed by atoms with Crippen LogP contribution in [0.15, 0.2) is 24.3 Å². The van der Waals surface area contributed by atoms with Gasteiger partial charge in [-0.15, -0.1) is 0 Å². The first-order valence-electron chi connectivity index (χ1n) is 11.1. The highest BCUT2D eigenvalue weighted by molar-refractivity contribution is 5.94. The number of hydrogen-bond donors (Lipinski definition) is 6. The number of carboxylic acids is 1. The highest BCUT2D eigenvalue weighted by Crippen LogP contribution is 2.21. The second kappa shape index (κ2) is 11.1. The fourth-order valence-electron chi connectivity index (χ4n) is 4.21. The number of carboxylic acid groups (broad SMARTS) is 1. The molecular weight excluding hydrogens is 432 g/mol. The Morgan fingerprint density at radius 3 is 2.33 bits per heavy atom. The van der Waals surface area contributed by atoms with Gasteiger partial charge in [-0.1, -0.05) is 12.1 Å². The second-order valence-electron chi connectivity index (χ2n) is 8.35. The van der Waals surface area contributed by atoms with E-state index in [4.69, 9.17) is 5.11 Å². The summed E-state index contributed by atoms with van der Waals surface area (Å²) in [5.41, 5.74) is 0.720. The van der Waals surface area contributed by atoms with Gasteiger partial charge in [0.05, 0.1) is 12.6 Å². The van der Waals surface area contributed by atoms with Crippen molar-refractivity contribution in [3.63, 3.8) is 0 Å². The van der Waals surface area contributed by atoms with E-state index in [0.29, 0.717) is 19.3 Å². The molecule has 2 aliphatic heterocycles. The van der Waals surface area contributed by atoms with Crippen LogP contribution in [0.25, 0.3) is 0 Å². The third-order valence-electron chi connectivity index (χ3n) is 6.00. The molecule has 3 amide bonds. The number of nitrogens with one attached hydrogen (secondary N) is 3. The van der Waals surface area contributed by atoms with E-state index in [-0.39, 0.29) is 24.6 Å². The van der Waals surface area contributed by atoms with Gasteiger partial charge in [-0.05, 0) is 49.9 Å². The van der Waals surface area contributed by atoms with Crippen molar-refractivity contribution in [2.45, 2.75) is 56.3 Å². The van der Waals surface area contributed by atoms with Crippen LogP contribution in [0.5, 0.6) is 5.75 Å². The van der Waals surface area contributed by atoms with Crippen molar-refractivity contribution < 1.29 is 34.5 Å². The van der Waals surface area contributed by atoms with Crippen LogP contribution in [0.3, 0.4) is 0 Å². The van der Waals surface area contributed by atoms with Gasteiger partial charge in [0.2, 0.25) is 17.7 Å². The first-order chi connectivity index (χ1) is 15.8. The lowest BCUT2D eigenvalue weighted by atomic mass is 10.0. The molecule has 11 heteroatoms. The van der Waals surface area contributed by atoms with E-state index >= 15 is 0 Å². The maximum atomic E-state index is 13.5. The van der Waals surface area contributed by atoms with Crippen LogP contribution < -0.4 is 16.0 Å². The van der Waals surface area contributed by atoms with Crippen LogP contribution in [-0.2, 0) is 25.6 Å². The molecule has 2 aliphatic rings. The molecule has 2 fully saturated rings. The van der Waals surface area contributed by atoms with Crippen LogP contribution in [-0.4, -0.2) is 87.8 Å². The molecule has 1 aromatic carbocycles. The molecule has 3 rings (SSSR count). The lowest BCUT2D eigenvalue weighted by Crippen LogP contribution is -2.57. The van der Waals surface area contributed by atoms with Gasteiger partial charge in [-0.2, -0.15) is 0 Å². The van der Waals surface area contributed by atoms with Gasteiger partial charge in [-0.3, -0.25) is 14.4 Å². The Morgan fingerprint density at radius 2 is 1.73 bits per heavy atom. The molecule has 11 nitrogen and oxygen atoms in total. The normalized spacial score (nSPS) is 21.9. The maximum Gasteiger partial charge on any atom is 0.328 e. The van der Waals surface area contributed by atoms with Gasteiger partial charge >= 0.3 is 5.97 Å². The first-order valence-corrected chi connectivity index (χ1v) is 11.1. The van der Waals surface area contributed by atoms with Gasteiger partial charge in [-0.25, -0.2) is 4.79 Å². The first kappa shape index (κ1) is 24.5. The molecule has 4 unspecified atom stereocenters. The number of likely N-dealkylation sites (tertiary alicyclic amines) is 1. The molecule has 0 aliphatic carbocycles. The monoisotopic (exact) mass is 462 g/mol. The van der Waals surface area contributed by atoms with E-state index in [9.17, 15) is 29.4 Å². The summed E-state index contributed by atoms with van der Waals surface area (Å²) in [6, 6.07) is 2.61. The Hall–Kier alpha value is -3.18. The number of benzene rings is 1. The molecule has 180 valence electrons. The van der Waals surface area contributed by atoms with Crippen LogP contribution in [0.1, 0.15) is 31.2 Å². The Balaban J connectivity index is 1.76. The lowest BCUT2D eigenvalue weighted by Gasteiger charge is -2.30. The SMILES string of the molecule is O=C(O)C(CO)NC(=O)C1CCCN1C(=O)C(Cc1ccc(O)cc1)NC(=O)C1CCCN1. The molecule has 0 bridgehead atoms. The van der Waals surface area contributed by atoms with E-state index in [2.05, 4.69) is 16.0 Å². The number of aromatic hydroxyl groups is 1. The number of phenols is 1. The largest absolute Gasteiger partial charge is 0.508 e. The molecule has 0 aromatic heterocycles. The van der Waals surface area contributed by atoms with Crippen molar-refractivity contribution in [1.82, 2.24) is 20.9 Å². The number of carbonyl (C=O) groups excluding carboxylic acids is 3. The van der Waals surface area contributed by atoms with Gasteiger partial charge in [0, 0.05) is 13.0 Å². The van der Waals surface area contributed by atoms with Gasteiger partial charge in [0.25, 0.3) is 0 Å². The summed E-state index contributed by atoms with van der Waals surface area (Å²) in [4.78, 5) is 51.4. The zero-order valence-electron chi connectivity index (χ0n) is 18.2. The molecular formula is C22H30N4O7. The fraction of sp³-hybridized carbons (Fsp3) is 0.545. The summed E-state index contributed by atoms with van der Waals surface area (Å²) in [5.74, 6) is -2.69. The summed E-state index contributed by atoms with van der Waals surface area (Å²) in [5, 5.41) is 36.0.